The predicted molar refractivity (Wildman–Crippen MR) is 97.9 cm³/mol. The molecule has 0 spiro atoms. The molecule has 0 aromatic heterocycles. The summed E-state index contributed by atoms with van der Waals surface area (Å²) < 4.78 is 5.82. The van der Waals surface area contributed by atoms with E-state index in [4.69, 9.17) is 4.74 Å². The van der Waals surface area contributed by atoms with E-state index in [1.807, 2.05) is 30.3 Å². The Morgan fingerprint density at radius 2 is 2.08 bits per heavy atom. The maximum atomic E-state index is 12.3. The molecule has 2 aromatic carbocycles. The van der Waals surface area contributed by atoms with Crippen LogP contribution < -0.4 is 15.4 Å². The molecule has 4 nitrogen and oxygen atoms in total. The molecule has 1 aliphatic heterocycles. The summed E-state index contributed by atoms with van der Waals surface area (Å²) in [5.41, 5.74) is 2.97. The van der Waals surface area contributed by atoms with Crippen molar-refractivity contribution in [2.45, 2.75) is 26.0 Å². The zero-order valence-corrected chi connectivity index (χ0v) is 14.6. The number of nitrogens with one attached hydrogen (secondary N) is 2. The average Bonchev–Trinajstić information content (AvgIpc) is 3.06. The zero-order chi connectivity index (χ0) is 16.1. The Balaban J connectivity index is 0.00000208. The Bertz CT molecular complexity index is 685. The first-order valence-electron chi connectivity index (χ1n) is 8.01. The van der Waals surface area contributed by atoms with Gasteiger partial charge in [0.2, 0.25) is 0 Å². The van der Waals surface area contributed by atoms with Gasteiger partial charge in [-0.05, 0) is 43.7 Å². The molecule has 0 aliphatic carbocycles. The van der Waals surface area contributed by atoms with Gasteiger partial charge in [-0.3, -0.25) is 4.79 Å². The van der Waals surface area contributed by atoms with Gasteiger partial charge < -0.3 is 15.4 Å². The number of carbonyl (C=O) groups is 1. The van der Waals surface area contributed by atoms with Crippen LogP contribution in [0.3, 0.4) is 0 Å². The van der Waals surface area contributed by atoms with E-state index < -0.39 is 0 Å². The van der Waals surface area contributed by atoms with Gasteiger partial charge in [-0.2, -0.15) is 0 Å². The lowest BCUT2D eigenvalue weighted by Gasteiger charge is -2.12. The fourth-order valence-corrected chi connectivity index (χ4v) is 2.74. The van der Waals surface area contributed by atoms with Crippen LogP contribution in [0.2, 0.25) is 0 Å². The van der Waals surface area contributed by atoms with Crippen LogP contribution in [0, 0.1) is 6.92 Å². The van der Waals surface area contributed by atoms with E-state index in [0.717, 1.165) is 25.1 Å². The minimum absolute atomic E-state index is 0. The lowest BCUT2D eigenvalue weighted by molar-refractivity contribution is 0.0939. The van der Waals surface area contributed by atoms with Crippen LogP contribution in [-0.4, -0.2) is 25.0 Å². The van der Waals surface area contributed by atoms with Gasteiger partial charge in [-0.15, -0.1) is 12.4 Å². The molecule has 1 unspecified atom stereocenters. The van der Waals surface area contributed by atoms with E-state index in [1.54, 1.807) is 6.07 Å². The normalized spacial score (nSPS) is 16.3. The molecule has 24 heavy (non-hydrogen) atoms. The Morgan fingerprint density at radius 3 is 2.83 bits per heavy atom. The van der Waals surface area contributed by atoms with E-state index in [0.29, 0.717) is 17.9 Å². The second-order valence-corrected chi connectivity index (χ2v) is 5.97. The highest BCUT2D eigenvalue weighted by molar-refractivity contribution is 5.94. The Kier molecular flexibility index (Phi) is 6.64. The molecular formula is C19H23ClN2O2. The molecule has 2 aromatic rings. The summed E-state index contributed by atoms with van der Waals surface area (Å²) in [6.07, 6.45) is 0.981. The highest BCUT2D eigenvalue weighted by atomic mass is 35.5. The summed E-state index contributed by atoms with van der Waals surface area (Å²) in [4.78, 5) is 12.3. The summed E-state index contributed by atoms with van der Waals surface area (Å²) in [6, 6.07) is 15.8. The Morgan fingerprint density at radius 1 is 1.25 bits per heavy atom. The van der Waals surface area contributed by atoms with Crippen molar-refractivity contribution in [2.75, 3.05) is 13.1 Å². The van der Waals surface area contributed by atoms with Crippen molar-refractivity contribution in [1.29, 1.82) is 0 Å². The quantitative estimate of drug-likeness (QED) is 0.874. The van der Waals surface area contributed by atoms with Crippen molar-refractivity contribution in [3.63, 3.8) is 0 Å². The number of hydrogen-bond acceptors (Lipinski definition) is 3. The molecule has 1 aliphatic rings. The van der Waals surface area contributed by atoms with Gasteiger partial charge in [-0.1, -0.05) is 35.9 Å². The predicted octanol–water partition coefficient (Wildman–Crippen LogP) is 3.09. The third-order valence-corrected chi connectivity index (χ3v) is 3.98. The first-order valence-corrected chi connectivity index (χ1v) is 8.01. The number of carbonyl (C=O) groups excluding carboxylic acids is 1. The maximum absolute atomic E-state index is 12.3. The molecule has 1 saturated heterocycles. The van der Waals surface area contributed by atoms with Gasteiger partial charge in [0, 0.05) is 18.2 Å². The van der Waals surface area contributed by atoms with Gasteiger partial charge in [0.05, 0.1) is 0 Å². The number of hydrogen-bond donors (Lipinski definition) is 2. The monoisotopic (exact) mass is 346 g/mol. The van der Waals surface area contributed by atoms with E-state index in [2.05, 4.69) is 29.7 Å². The SMILES string of the molecule is Cc1cccc(COc2cccc(C(=O)NC3CCNC3)c2)c1.Cl. The van der Waals surface area contributed by atoms with Gasteiger partial charge >= 0.3 is 0 Å². The van der Waals surface area contributed by atoms with Crippen molar-refractivity contribution in [3.05, 3.63) is 65.2 Å². The fraction of sp³-hybridized carbons (Fsp3) is 0.316. The van der Waals surface area contributed by atoms with Crippen molar-refractivity contribution in [1.82, 2.24) is 10.6 Å². The molecule has 128 valence electrons. The standard InChI is InChI=1S/C19H22N2O2.ClH/c1-14-4-2-5-15(10-14)13-23-18-7-3-6-16(11-18)19(22)21-17-8-9-20-12-17;/h2-7,10-11,17,20H,8-9,12-13H2,1H3,(H,21,22);1H. The first kappa shape index (κ1) is 18.3. The summed E-state index contributed by atoms with van der Waals surface area (Å²) in [6.45, 7) is 4.37. The van der Waals surface area contributed by atoms with Gasteiger partial charge in [-0.25, -0.2) is 0 Å². The number of halogens is 1. The minimum Gasteiger partial charge on any atom is -0.489 e. The number of aryl methyl sites for hydroxylation is 1. The van der Waals surface area contributed by atoms with Gasteiger partial charge in [0.1, 0.15) is 12.4 Å². The van der Waals surface area contributed by atoms with Crippen LogP contribution >= 0.6 is 12.4 Å². The molecule has 3 rings (SSSR count). The average molecular weight is 347 g/mol. The van der Waals surface area contributed by atoms with Crippen molar-refractivity contribution >= 4 is 18.3 Å². The highest BCUT2D eigenvalue weighted by Crippen LogP contribution is 2.16. The number of ether oxygens (including phenoxy) is 1. The number of benzene rings is 2. The van der Waals surface area contributed by atoms with Crippen LogP contribution in [0.1, 0.15) is 27.9 Å². The van der Waals surface area contributed by atoms with Crippen LogP contribution in [0.4, 0.5) is 0 Å². The molecule has 0 bridgehead atoms. The summed E-state index contributed by atoms with van der Waals surface area (Å²) in [5.74, 6) is 0.670. The van der Waals surface area contributed by atoms with E-state index >= 15 is 0 Å². The van der Waals surface area contributed by atoms with Crippen LogP contribution in [0.5, 0.6) is 5.75 Å². The van der Waals surface area contributed by atoms with Gasteiger partial charge in [0.25, 0.3) is 5.91 Å². The lowest BCUT2D eigenvalue weighted by Crippen LogP contribution is -2.36. The van der Waals surface area contributed by atoms with E-state index in [9.17, 15) is 4.79 Å². The summed E-state index contributed by atoms with van der Waals surface area (Å²) in [7, 11) is 0. The summed E-state index contributed by atoms with van der Waals surface area (Å²) in [5, 5.41) is 6.29. The zero-order valence-electron chi connectivity index (χ0n) is 13.7. The van der Waals surface area contributed by atoms with E-state index in [-0.39, 0.29) is 24.4 Å². The molecule has 1 atom stereocenters. The minimum atomic E-state index is -0.0419. The van der Waals surface area contributed by atoms with Crippen LogP contribution in [0.25, 0.3) is 0 Å². The van der Waals surface area contributed by atoms with Gasteiger partial charge in [0.15, 0.2) is 0 Å². The van der Waals surface area contributed by atoms with Crippen molar-refractivity contribution in [3.8, 4) is 5.75 Å². The molecule has 1 amide bonds. The molecule has 1 heterocycles. The molecular weight excluding hydrogens is 324 g/mol. The van der Waals surface area contributed by atoms with Crippen LogP contribution in [-0.2, 0) is 6.61 Å². The Labute approximate surface area is 149 Å². The molecule has 2 N–H and O–H groups in total. The third-order valence-electron chi connectivity index (χ3n) is 3.98. The molecule has 5 heteroatoms. The number of rotatable bonds is 5. The fourth-order valence-electron chi connectivity index (χ4n) is 2.74. The molecule has 0 radical (unpaired) electrons. The largest absolute Gasteiger partial charge is 0.489 e. The smallest absolute Gasteiger partial charge is 0.251 e. The van der Waals surface area contributed by atoms with E-state index in [1.165, 1.54) is 5.56 Å². The molecule has 1 fully saturated rings. The number of amides is 1. The molecule has 0 saturated carbocycles. The van der Waals surface area contributed by atoms with Crippen molar-refractivity contribution in [2.24, 2.45) is 0 Å². The second-order valence-electron chi connectivity index (χ2n) is 5.97. The third kappa shape index (κ3) is 4.98. The van der Waals surface area contributed by atoms with Crippen LogP contribution in [0.15, 0.2) is 48.5 Å². The topological polar surface area (TPSA) is 50.4 Å². The Hall–Kier alpha value is -2.04. The van der Waals surface area contributed by atoms with Crippen molar-refractivity contribution < 1.29 is 9.53 Å². The lowest BCUT2D eigenvalue weighted by atomic mass is 10.1. The highest BCUT2D eigenvalue weighted by Gasteiger charge is 2.17. The summed E-state index contributed by atoms with van der Waals surface area (Å²) >= 11 is 0. The maximum Gasteiger partial charge on any atom is 0.251 e. The first-order chi connectivity index (χ1) is 11.2. The second kappa shape index (κ2) is 8.71.